The number of hydrogen-bond donors (Lipinski definition) is 1. The van der Waals surface area contributed by atoms with Gasteiger partial charge in [-0.15, -0.1) is 0 Å². The van der Waals surface area contributed by atoms with E-state index in [4.69, 9.17) is 16.3 Å². The summed E-state index contributed by atoms with van der Waals surface area (Å²) >= 11 is 6.25. The van der Waals surface area contributed by atoms with E-state index in [0.29, 0.717) is 22.1 Å². The molecule has 6 heteroatoms. The predicted octanol–water partition coefficient (Wildman–Crippen LogP) is 6.52. The number of carbonyl (C=O) groups excluding carboxylic acids is 1. The zero-order valence-corrected chi connectivity index (χ0v) is 21.7. The molecule has 3 aromatic rings. The quantitative estimate of drug-likeness (QED) is 0.378. The van der Waals surface area contributed by atoms with Gasteiger partial charge in [-0.1, -0.05) is 67.9 Å². The molecule has 0 radical (unpaired) electrons. The molecular weight excluding hydrogens is 474 g/mol. The van der Waals surface area contributed by atoms with Crippen molar-refractivity contribution in [1.82, 2.24) is 4.90 Å². The lowest BCUT2D eigenvalue weighted by molar-refractivity contribution is -0.137. The normalized spacial score (nSPS) is 16.8. The largest absolute Gasteiger partial charge is 0.487 e. The van der Waals surface area contributed by atoms with Crippen molar-refractivity contribution < 1.29 is 19.4 Å². The molecule has 0 bridgehead atoms. The van der Waals surface area contributed by atoms with E-state index in [9.17, 15) is 14.7 Å². The minimum Gasteiger partial charge on any atom is -0.487 e. The Bertz CT molecular complexity index is 1250. The maximum absolute atomic E-state index is 13.3. The van der Waals surface area contributed by atoms with Crippen LogP contribution in [0.15, 0.2) is 66.7 Å². The first-order valence-corrected chi connectivity index (χ1v) is 12.7. The number of fused-ring (bicyclic) bond motifs is 1. The summed E-state index contributed by atoms with van der Waals surface area (Å²) in [5.74, 6) is -0.150. The molecule has 0 aliphatic carbocycles. The van der Waals surface area contributed by atoms with Gasteiger partial charge in [0.2, 0.25) is 0 Å². The average Bonchev–Trinajstić information content (AvgIpc) is 2.84. The summed E-state index contributed by atoms with van der Waals surface area (Å²) in [5.41, 5.74) is 4.33. The maximum atomic E-state index is 13.3. The van der Waals surface area contributed by atoms with Gasteiger partial charge in [-0.25, -0.2) is 0 Å². The average molecular weight is 506 g/mol. The number of ether oxygens (including phenoxy) is 1. The smallest absolute Gasteiger partial charge is 0.323 e. The summed E-state index contributed by atoms with van der Waals surface area (Å²) in [6, 6.07) is 21.2. The zero-order chi connectivity index (χ0) is 25.9. The fourth-order valence-electron chi connectivity index (χ4n) is 4.68. The van der Waals surface area contributed by atoms with Crippen LogP contribution in [0.3, 0.4) is 0 Å². The highest BCUT2D eigenvalue weighted by molar-refractivity contribution is 6.31. The van der Waals surface area contributed by atoms with E-state index in [1.165, 1.54) is 16.0 Å². The first kappa shape index (κ1) is 25.8. The monoisotopic (exact) mass is 505 g/mol. The van der Waals surface area contributed by atoms with Gasteiger partial charge in [0, 0.05) is 23.6 Å². The van der Waals surface area contributed by atoms with Gasteiger partial charge in [-0.3, -0.25) is 9.59 Å². The second-order valence-electron chi connectivity index (χ2n) is 10.1. The number of carboxylic acids is 1. The van der Waals surface area contributed by atoms with Gasteiger partial charge in [0.15, 0.2) is 0 Å². The van der Waals surface area contributed by atoms with Crippen molar-refractivity contribution >= 4 is 23.5 Å². The number of amides is 1. The molecule has 0 fully saturated rings. The van der Waals surface area contributed by atoms with Crippen LogP contribution in [0.4, 0.5) is 0 Å². The Labute approximate surface area is 217 Å². The van der Waals surface area contributed by atoms with Gasteiger partial charge in [0.05, 0.1) is 0 Å². The van der Waals surface area contributed by atoms with Gasteiger partial charge >= 0.3 is 5.97 Å². The van der Waals surface area contributed by atoms with E-state index in [1.807, 2.05) is 18.2 Å². The standard InChI is InChI=1S/C30H32ClNO4/c1-20(2)22-10-8-21(9-11-22)17-30(3)15-14-23-16-24(12-13-27(23)36-30)29(35)32(19-28(33)34)18-25-6-4-5-7-26(25)31/h4-13,16,20H,14-15,17-19H2,1-3H3,(H,33,34)/t30-/m0/s1. The molecular formula is C30H32ClNO4. The topological polar surface area (TPSA) is 66.8 Å². The Kier molecular flexibility index (Phi) is 7.70. The van der Waals surface area contributed by atoms with Gasteiger partial charge in [-0.05, 0) is 72.2 Å². The number of aliphatic carboxylic acids is 1. The van der Waals surface area contributed by atoms with Crippen LogP contribution in [0.2, 0.25) is 5.02 Å². The Balaban J connectivity index is 1.50. The lowest BCUT2D eigenvalue weighted by atomic mass is 9.86. The molecule has 4 rings (SSSR count). The molecule has 1 aliphatic rings. The Morgan fingerprint density at radius 2 is 1.81 bits per heavy atom. The third-order valence-corrected chi connectivity index (χ3v) is 7.11. The SMILES string of the molecule is CC(C)c1ccc(C[C@]2(C)CCc3cc(C(=O)N(CC(=O)O)Cc4ccccc4Cl)ccc3O2)cc1. The molecule has 1 atom stereocenters. The van der Waals surface area contributed by atoms with Crippen molar-refractivity contribution in [1.29, 1.82) is 0 Å². The summed E-state index contributed by atoms with van der Waals surface area (Å²) in [6.07, 6.45) is 2.40. The highest BCUT2D eigenvalue weighted by atomic mass is 35.5. The Morgan fingerprint density at radius 3 is 2.47 bits per heavy atom. The molecule has 1 heterocycles. The van der Waals surface area contributed by atoms with Crippen molar-refractivity contribution in [2.75, 3.05) is 6.54 Å². The lowest BCUT2D eigenvalue weighted by Crippen LogP contribution is -2.39. The molecule has 0 saturated heterocycles. The number of benzene rings is 3. The molecule has 188 valence electrons. The van der Waals surface area contributed by atoms with E-state index in [1.54, 1.807) is 24.3 Å². The summed E-state index contributed by atoms with van der Waals surface area (Å²) < 4.78 is 6.44. The summed E-state index contributed by atoms with van der Waals surface area (Å²) in [4.78, 5) is 26.1. The number of aryl methyl sites for hydroxylation is 1. The van der Waals surface area contributed by atoms with Crippen LogP contribution in [0.1, 0.15) is 65.7 Å². The molecule has 0 aromatic heterocycles. The van der Waals surface area contributed by atoms with E-state index in [-0.39, 0.29) is 18.1 Å². The third-order valence-electron chi connectivity index (χ3n) is 6.74. The lowest BCUT2D eigenvalue weighted by Gasteiger charge is -2.36. The number of nitrogens with zero attached hydrogens (tertiary/aromatic N) is 1. The van der Waals surface area contributed by atoms with Crippen molar-refractivity contribution in [3.05, 3.63) is 99.6 Å². The Hall–Kier alpha value is -3.31. The van der Waals surface area contributed by atoms with E-state index in [0.717, 1.165) is 30.6 Å². The van der Waals surface area contributed by atoms with E-state index < -0.39 is 12.5 Å². The second-order valence-corrected chi connectivity index (χ2v) is 10.5. The fraction of sp³-hybridized carbons (Fsp3) is 0.333. The van der Waals surface area contributed by atoms with Crippen LogP contribution in [0.5, 0.6) is 5.75 Å². The van der Waals surface area contributed by atoms with Crippen LogP contribution in [0, 0.1) is 0 Å². The van der Waals surface area contributed by atoms with Gasteiger partial charge in [0.1, 0.15) is 17.9 Å². The highest BCUT2D eigenvalue weighted by Crippen LogP contribution is 2.36. The second kappa shape index (κ2) is 10.8. The molecule has 0 saturated carbocycles. The Morgan fingerprint density at radius 1 is 1.08 bits per heavy atom. The molecule has 0 unspecified atom stereocenters. The maximum Gasteiger partial charge on any atom is 0.323 e. The van der Waals surface area contributed by atoms with Gasteiger partial charge < -0.3 is 14.7 Å². The summed E-state index contributed by atoms with van der Waals surface area (Å²) in [7, 11) is 0. The van der Waals surface area contributed by atoms with Crippen LogP contribution in [-0.4, -0.2) is 34.0 Å². The molecule has 36 heavy (non-hydrogen) atoms. The van der Waals surface area contributed by atoms with Gasteiger partial charge in [-0.2, -0.15) is 0 Å². The van der Waals surface area contributed by atoms with Crippen LogP contribution >= 0.6 is 11.6 Å². The third kappa shape index (κ3) is 6.08. The molecule has 0 spiro atoms. The number of carbonyl (C=O) groups is 2. The molecule has 1 aliphatic heterocycles. The van der Waals surface area contributed by atoms with Crippen molar-refractivity contribution in [3.8, 4) is 5.75 Å². The minimum atomic E-state index is -1.08. The first-order chi connectivity index (χ1) is 17.1. The van der Waals surface area contributed by atoms with E-state index >= 15 is 0 Å². The van der Waals surface area contributed by atoms with Crippen molar-refractivity contribution in [2.45, 2.75) is 58.1 Å². The number of carboxylic acid groups (broad SMARTS) is 1. The van der Waals surface area contributed by atoms with Crippen LogP contribution < -0.4 is 4.74 Å². The zero-order valence-electron chi connectivity index (χ0n) is 21.0. The number of rotatable bonds is 8. The number of hydrogen-bond acceptors (Lipinski definition) is 3. The number of halogens is 1. The minimum absolute atomic E-state index is 0.117. The predicted molar refractivity (Wildman–Crippen MR) is 142 cm³/mol. The molecule has 5 nitrogen and oxygen atoms in total. The molecule has 1 amide bonds. The fourth-order valence-corrected chi connectivity index (χ4v) is 4.87. The van der Waals surface area contributed by atoms with E-state index in [2.05, 4.69) is 45.0 Å². The van der Waals surface area contributed by atoms with Crippen LogP contribution in [0.25, 0.3) is 0 Å². The molecule has 1 N–H and O–H groups in total. The van der Waals surface area contributed by atoms with Crippen molar-refractivity contribution in [2.24, 2.45) is 0 Å². The van der Waals surface area contributed by atoms with Crippen LogP contribution in [-0.2, 0) is 24.2 Å². The van der Waals surface area contributed by atoms with Gasteiger partial charge in [0.25, 0.3) is 5.91 Å². The summed E-state index contributed by atoms with van der Waals surface area (Å²) in [6.45, 7) is 6.21. The van der Waals surface area contributed by atoms with Crippen molar-refractivity contribution in [3.63, 3.8) is 0 Å². The molecule has 3 aromatic carbocycles. The first-order valence-electron chi connectivity index (χ1n) is 12.3. The highest BCUT2D eigenvalue weighted by Gasteiger charge is 2.32. The summed E-state index contributed by atoms with van der Waals surface area (Å²) in [5, 5.41) is 9.89.